The van der Waals surface area contributed by atoms with Gasteiger partial charge in [0.15, 0.2) is 5.69 Å². The second-order valence-corrected chi connectivity index (χ2v) is 6.27. The van der Waals surface area contributed by atoms with Gasteiger partial charge in [-0.25, -0.2) is 0 Å². The third-order valence-corrected chi connectivity index (χ3v) is 4.70. The van der Waals surface area contributed by atoms with Gasteiger partial charge in [0, 0.05) is 11.9 Å². The fourth-order valence-electron chi connectivity index (χ4n) is 2.71. The minimum Gasteiger partial charge on any atom is -0.342 e. The van der Waals surface area contributed by atoms with Crippen LogP contribution in [0.3, 0.4) is 0 Å². The van der Waals surface area contributed by atoms with E-state index in [2.05, 4.69) is 10.1 Å². The van der Waals surface area contributed by atoms with Crippen molar-refractivity contribution >= 4 is 27.5 Å². The number of H-pyrrole nitrogens is 1. The SMILES string of the molecule is O=C(c1cc2ccsc2[nH]1)N1CCn2nc(C(F)(F)F)cc2C1. The average molecular weight is 340 g/mol. The molecular formula is C14H11F3N4OS. The van der Waals surface area contributed by atoms with Gasteiger partial charge in [0.1, 0.15) is 10.5 Å². The molecule has 0 saturated heterocycles. The molecule has 0 bridgehead atoms. The van der Waals surface area contributed by atoms with Crippen LogP contribution in [0, 0.1) is 0 Å². The van der Waals surface area contributed by atoms with E-state index < -0.39 is 11.9 Å². The third kappa shape index (κ3) is 2.40. The zero-order valence-corrected chi connectivity index (χ0v) is 12.5. The Balaban J connectivity index is 1.58. The van der Waals surface area contributed by atoms with Gasteiger partial charge in [-0.1, -0.05) is 0 Å². The lowest BCUT2D eigenvalue weighted by atomic mass is 10.2. The second-order valence-electron chi connectivity index (χ2n) is 5.36. The van der Waals surface area contributed by atoms with Crippen molar-refractivity contribution in [2.45, 2.75) is 19.3 Å². The Morgan fingerprint density at radius 2 is 2.13 bits per heavy atom. The first-order valence-corrected chi connectivity index (χ1v) is 7.79. The molecule has 1 aliphatic heterocycles. The maximum Gasteiger partial charge on any atom is 0.435 e. The van der Waals surface area contributed by atoms with E-state index in [1.54, 1.807) is 6.07 Å². The summed E-state index contributed by atoms with van der Waals surface area (Å²) in [5.41, 5.74) is -0.0664. The maximum absolute atomic E-state index is 12.7. The van der Waals surface area contributed by atoms with Gasteiger partial charge in [-0.15, -0.1) is 11.3 Å². The lowest BCUT2D eigenvalue weighted by molar-refractivity contribution is -0.141. The van der Waals surface area contributed by atoms with E-state index >= 15 is 0 Å². The van der Waals surface area contributed by atoms with Crippen LogP contribution in [0.25, 0.3) is 10.2 Å². The summed E-state index contributed by atoms with van der Waals surface area (Å²) >= 11 is 1.50. The molecule has 3 aromatic rings. The largest absolute Gasteiger partial charge is 0.435 e. The summed E-state index contributed by atoms with van der Waals surface area (Å²) in [6, 6.07) is 4.68. The number of aromatic amines is 1. The van der Waals surface area contributed by atoms with Crippen molar-refractivity contribution in [1.29, 1.82) is 0 Å². The van der Waals surface area contributed by atoms with Crippen molar-refractivity contribution in [3.8, 4) is 0 Å². The highest BCUT2D eigenvalue weighted by Crippen LogP contribution is 2.30. The zero-order valence-electron chi connectivity index (χ0n) is 11.7. The van der Waals surface area contributed by atoms with Crippen LogP contribution in [-0.4, -0.2) is 32.1 Å². The molecule has 4 rings (SSSR count). The molecule has 5 nitrogen and oxygen atoms in total. The molecule has 9 heteroatoms. The Bertz CT molecular complexity index is 863. The van der Waals surface area contributed by atoms with Crippen molar-refractivity contribution in [2.24, 2.45) is 0 Å². The van der Waals surface area contributed by atoms with E-state index in [9.17, 15) is 18.0 Å². The molecule has 3 aromatic heterocycles. The fourth-order valence-corrected chi connectivity index (χ4v) is 3.49. The molecule has 23 heavy (non-hydrogen) atoms. The summed E-state index contributed by atoms with van der Waals surface area (Å²) in [6.07, 6.45) is -4.47. The molecule has 0 spiro atoms. The number of nitrogens with one attached hydrogen (secondary N) is 1. The summed E-state index contributed by atoms with van der Waals surface area (Å²) in [7, 11) is 0. The second kappa shape index (κ2) is 4.85. The number of carbonyl (C=O) groups is 1. The van der Waals surface area contributed by atoms with Gasteiger partial charge in [0.25, 0.3) is 5.91 Å². The Hall–Kier alpha value is -2.29. The summed E-state index contributed by atoms with van der Waals surface area (Å²) in [6.45, 7) is 0.707. The number of fused-ring (bicyclic) bond motifs is 2. The number of hydrogen-bond acceptors (Lipinski definition) is 3. The minimum atomic E-state index is -4.47. The summed E-state index contributed by atoms with van der Waals surface area (Å²) in [4.78, 5) is 18.0. The van der Waals surface area contributed by atoms with E-state index in [0.717, 1.165) is 16.3 Å². The van der Waals surface area contributed by atoms with Crippen LogP contribution in [0.1, 0.15) is 21.9 Å². The topological polar surface area (TPSA) is 53.9 Å². The van der Waals surface area contributed by atoms with Gasteiger partial charge >= 0.3 is 6.18 Å². The first-order chi connectivity index (χ1) is 10.9. The normalized spacial score (nSPS) is 15.2. The van der Waals surface area contributed by atoms with Crippen LogP contribution in [0.4, 0.5) is 13.2 Å². The van der Waals surface area contributed by atoms with E-state index in [0.29, 0.717) is 17.9 Å². The van der Waals surface area contributed by atoms with E-state index in [1.807, 2.05) is 11.4 Å². The number of hydrogen-bond donors (Lipinski definition) is 1. The molecule has 0 radical (unpaired) electrons. The molecule has 0 saturated carbocycles. The predicted molar refractivity (Wildman–Crippen MR) is 78.1 cm³/mol. The van der Waals surface area contributed by atoms with Crippen LogP contribution in [0.15, 0.2) is 23.6 Å². The number of aromatic nitrogens is 3. The van der Waals surface area contributed by atoms with Crippen LogP contribution in [0.2, 0.25) is 0 Å². The van der Waals surface area contributed by atoms with Gasteiger partial charge in [0.2, 0.25) is 0 Å². The Morgan fingerprint density at radius 1 is 1.30 bits per heavy atom. The predicted octanol–water partition coefficient (Wildman–Crippen LogP) is 3.10. The van der Waals surface area contributed by atoms with Gasteiger partial charge in [-0.3, -0.25) is 9.48 Å². The average Bonchev–Trinajstić information content (AvgIpc) is 3.18. The lowest BCUT2D eigenvalue weighted by Crippen LogP contribution is -2.38. The molecular weight excluding hydrogens is 329 g/mol. The standard InChI is InChI=1S/C14H11F3N4OS/c15-14(16,17)11-6-9-7-20(2-3-21(9)19-11)13(22)10-5-8-1-4-23-12(8)18-10/h1,4-6,18H,2-3,7H2. The molecule has 4 heterocycles. The molecule has 0 atom stereocenters. The van der Waals surface area contributed by atoms with Crippen molar-refractivity contribution in [3.63, 3.8) is 0 Å². The van der Waals surface area contributed by atoms with Gasteiger partial charge < -0.3 is 9.88 Å². The van der Waals surface area contributed by atoms with E-state index in [4.69, 9.17) is 0 Å². The summed E-state index contributed by atoms with van der Waals surface area (Å²) in [5.74, 6) is -0.214. The first kappa shape index (κ1) is 14.3. The third-order valence-electron chi connectivity index (χ3n) is 3.85. The molecule has 1 aliphatic rings. The van der Waals surface area contributed by atoms with Gasteiger partial charge in [-0.2, -0.15) is 18.3 Å². The number of halogens is 3. The molecule has 0 aliphatic carbocycles. The quantitative estimate of drug-likeness (QED) is 0.740. The molecule has 0 aromatic carbocycles. The first-order valence-electron chi connectivity index (χ1n) is 6.91. The molecule has 0 unspecified atom stereocenters. The maximum atomic E-state index is 12.7. The zero-order chi connectivity index (χ0) is 16.2. The number of rotatable bonds is 1. The van der Waals surface area contributed by atoms with Crippen LogP contribution in [0.5, 0.6) is 0 Å². The molecule has 1 N–H and O–H groups in total. The number of alkyl halides is 3. The highest BCUT2D eigenvalue weighted by atomic mass is 32.1. The molecule has 120 valence electrons. The highest BCUT2D eigenvalue weighted by molar-refractivity contribution is 7.16. The highest BCUT2D eigenvalue weighted by Gasteiger charge is 2.36. The van der Waals surface area contributed by atoms with Crippen LogP contribution < -0.4 is 0 Å². The van der Waals surface area contributed by atoms with Crippen molar-refractivity contribution in [2.75, 3.05) is 6.54 Å². The number of amides is 1. The Kier molecular flexibility index (Phi) is 3.02. The van der Waals surface area contributed by atoms with Crippen molar-refractivity contribution in [3.05, 3.63) is 40.7 Å². The lowest BCUT2D eigenvalue weighted by Gasteiger charge is -2.27. The van der Waals surface area contributed by atoms with E-state index in [1.165, 1.54) is 20.9 Å². The smallest absolute Gasteiger partial charge is 0.342 e. The van der Waals surface area contributed by atoms with Gasteiger partial charge in [0.05, 0.1) is 18.8 Å². The van der Waals surface area contributed by atoms with Gasteiger partial charge in [-0.05, 0) is 23.6 Å². The van der Waals surface area contributed by atoms with E-state index in [-0.39, 0.29) is 19.0 Å². The number of nitrogens with zero attached hydrogens (tertiary/aromatic N) is 3. The summed E-state index contributed by atoms with van der Waals surface area (Å²) < 4.78 is 39.5. The molecule has 0 fully saturated rings. The summed E-state index contributed by atoms with van der Waals surface area (Å²) in [5, 5.41) is 6.44. The number of thiophene rings is 1. The van der Waals surface area contributed by atoms with Crippen molar-refractivity contribution in [1.82, 2.24) is 19.7 Å². The Morgan fingerprint density at radius 3 is 2.87 bits per heavy atom. The van der Waals surface area contributed by atoms with Crippen molar-refractivity contribution < 1.29 is 18.0 Å². The fraction of sp³-hybridized carbons (Fsp3) is 0.286. The Labute approximate surface area is 132 Å². The van der Waals surface area contributed by atoms with Crippen LogP contribution in [-0.2, 0) is 19.3 Å². The van der Waals surface area contributed by atoms with Crippen LogP contribution >= 0.6 is 11.3 Å². The monoisotopic (exact) mass is 340 g/mol. The minimum absolute atomic E-state index is 0.120. The molecule has 1 amide bonds. The number of carbonyl (C=O) groups excluding carboxylic acids is 1.